The van der Waals surface area contributed by atoms with E-state index in [-0.39, 0.29) is 12.3 Å². The lowest BCUT2D eigenvalue weighted by Gasteiger charge is -2.22. The molecule has 0 unspecified atom stereocenters. The molecule has 0 aromatic heterocycles. The molecule has 1 aromatic carbocycles. The van der Waals surface area contributed by atoms with Gasteiger partial charge in [0.15, 0.2) is 0 Å². The fraction of sp³-hybridized carbons (Fsp3) is 0.467. The summed E-state index contributed by atoms with van der Waals surface area (Å²) in [5.74, 6) is -0.652. The van der Waals surface area contributed by atoms with Gasteiger partial charge in [-0.2, -0.15) is 0 Å². The van der Waals surface area contributed by atoms with Crippen molar-refractivity contribution in [2.24, 2.45) is 0 Å². The van der Waals surface area contributed by atoms with E-state index < -0.39 is 12.0 Å². The second-order valence-corrected chi connectivity index (χ2v) is 5.33. The zero-order valence-corrected chi connectivity index (χ0v) is 12.6. The Kier molecular flexibility index (Phi) is 5.07. The predicted octanol–water partition coefficient (Wildman–Crippen LogP) is 2.36. The van der Waals surface area contributed by atoms with Gasteiger partial charge >= 0.3 is 5.97 Å². The maximum atomic E-state index is 12.4. The van der Waals surface area contributed by atoms with Crippen molar-refractivity contribution in [2.45, 2.75) is 32.2 Å². The molecule has 114 valence electrons. The van der Waals surface area contributed by atoms with Crippen LogP contribution < -0.4 is 4.74 Å². The molecule has 0 spiro atoms. The molecule has 1 N–H and O–H groups in total. The van der Waals surface area contributed by atoms with Gasteiger partial charge in [0.05, 0.1) is 18.1 Å². The topological polar surface area (TPSA) is 66.8 Å². The Hall–Kier alpha value is -1.75. The van der Waals surface area contributed by atoms with Gasteiger partial charge in [0.2, 0.25) is 5.91 Å². The molecule has 1 fully saturated rings. The lowest BCUT2D eigenvalue weighted by atomic mass is 10.1. The van der Waals surface area contributed by atoms with Crippen molar-refractivity contribution in [1.29, 1.82) is 0 Å². The Balaban J connectivity index is 2.16. The van der Waals surface area contributed by atoms with E-state index in [1.807, 2.05) is 6.92 Å². The Labute approximate surface area is 128 Å². The largest absolute Gasteiger partial charge is 0.492 e. The van der Waals surface area contributed by atoms with Gasteiger partial charge in [-0.1, -0.05) is 23.7 Å². The average molecular weight is 312 g/mol. The fourth-order valence-corrected chi connectivity index (χ4v) is 2.83. The number of likely N-dealkylation sites (tertiary alicyclic amines) is 1. The van der Waals surface area contributed by atoms with E-state index in [9.17, 15) is 9.59 Å². The molecule has 1 saturated heterocycles. The number of para-hydroxylation sites is 1. The van der Waals surface area contributed by atoms with Gasteiger partial charge in [0, 0.05) is 12.1 Å². The van der Waals surface area contributed by atoms with Crippen molar-refractivity contribution in [1.82, 2.24) is 4.90 Å². The van der Waals surface area contributed by atoms with Crippen LogP contribution in [-0.4, -0.2) is 41.1 Å². The maximum Gasteiger partial charge on any atom is 0.326 e. The standard InChI is InChI=1S/C15H18ClNO4/c1-2-21-14-10(5-3-6-11(14)16)9-13(18)17-8-4-7-12(17)15(19)20/h3,5-6,12H,2,4,7-9H2,1H3,(H,19,20)/t12-/m0/s1. The summed E-state index contributed by atoms with van der Waals surface area (Å²) >= 11 is 6.09. The highest BCUT2D eigenvalue weighted by Crippen LogP contribution is 2.30. The van der Waals surface area contributed by atoms with Crippen LogP contribution in [0.5, 0.6) is 5.75 Å². The van der Waals surface area contributed by atoms with Crippen LogP contribution in [0.25, 0.3) is 0 Å². The highest BCUT2D eigenvalue weighted by molar-refractivity contribution is 6.32. The number of nitrogens with zero attached hydrogens (tertiary/aromatic N) is 1. The number of carboxylic acid groups (broad SMARTS) is 1. The molecule has 0 aliphatic carbocycles. The quantitative estimate of drug-likeness (QED) is 0.906. The first kappa shape index (κ1) is 15.6. The number of aliphatic carboxylic acids is 1. The second-order valence-electron chi connectivity index (χ2n) is 4.92. The third-order valence-corrected chi connectivity index (χ3v) is 3.83. The molecule has 21 heavy (non-hydrogen) atoms. The molecule has 0 saturated carbocycles. The molecule has 1 aliphatic heterocycles. The van der Waals surface area contributed by atoms with Crippen LogP contribution in [0.4, 0.5) is 0 Å². The van der Waals surface area contributed by atoms with E-state index in [0.29, 0.717) is 35.9 Å². The number of hydrogen-bond donors (Lipinski definition) is 1. The SMILES string of the molecule is CCOc1c(Cl)cccc1CC(=O)N1CCC[C@H]1C(=O)O. The molecular formula is C15H18ClNO4. The number of carbonyl (C=O) groups excluding carboxylic acids is 1. The number of halogens is 1. The van der Waals surface area contributed by atoms with Gasteiger partial charge in [-0.05, 0) is 25.8 Å². The summed E-state index contributed by atoms with van der Waals surface area (Å²) in [6.07, 6.45) is 1.32. The molecule has 0 bridgehead atoms. The first-order chi connectivity index (χ1) is 10.0. The molecule has 6 heteroatoms. The van der Waals surface area contributed by atoms with Gasteiger partial charge in [0.25, 0.3) is 0 Å². The van der Waals surface area contributed by atoms with E-state index >= 15 is 0 Å². The zero-order chi connectivity index (χ0) is 15.4. The summed E-state index contributed by atoms with van der Waals surface area (Å²) in [6, 6.07) is 4.52. The number of hydrogen-bond acceptors (Lipinski definition) is 3. The van der Waals surface area contributed by atoms with Gasteiger partial charge in [0.1, 0.15) is 11.8 Å². The summed E-state index contributed by atoms with van der Waals surface area (Å²) < 4.78 is 5.49. The lowest BCUT2D eigenvalue weighted by molar-refractivity contribution is -0.148. The smallest absolute Gasteiger partial charge is 0.326 e. The number of rotatable bonds is 5. The van der Waals surface area contributed by atoms with Crippen LogP contribution in [0.15, 0.2) is 18.2 Å². The fourth-order valence-electron chi connectivity index (χ4n) is 2.59. The molecule has 1 atom stereocenters. The molecule has 1 aromatic rings. The molecule has 1 amide bonds. The van der Waals surface area contributed by atoms with Gasteiger partial charge in [-0.25, -0.2) is 4.79 Å². The van der Waals surface area contributed by atoms with Crippen LogP contribution in [0, 0.1) is 0 Å². The van der Waals surface area contributed by atoms with Gasteiger partial charge in [-0.15, -0.1) is 0 Å². The minimum Gasteiger partial charge on any atom is -0.492 e. The zero-order valence-electron chi connectivity index (χ0n) is 11.8. The third-order valence-electron chi connectivity index (χ3n) is 3.54. The average Bonchev–Trinajstić information content (AvgIpc) is 2.92. The number of ether oxygens (including phenoxy) is 1. The van der Waals surface area contributed by atoms with Crippen LogP contribution in [0.2, 0.25) is 5.02 Å². The minimum absolute atomic E-state index is 0.0969. The van der Waals surface area contributed by atoms with Crippen LogP contribution in [-0.2, 0) is 16.0 Å². The predicted molar refractivity (Wildman–Crippen MR) is 78.7 cm³/mol. The summed E-state index contributed by atoms with van der Waals surface area (Å²) in [5, 5.41) is 9.60. The second kappa shape index (κ2) is 6.80. The normalized spacial score (nSPS) is 17.8. The molecular weight excluding hydrogens is 294 g/mol. The monoisotopic (exact) mass is 311 g/mol. The van der Waals surface area contributed by atoms with Crippen molar-refractivity contribution in [3.05, 3.63) is 28.8 Å². The van der Waals surface area contributed by atoms with E-state index in [2.05, 4.69) is 0 Å². The Morgan fingerprint density at radius 1 is 1.48 bits per heavy atom. The van der Waals surface area contributed by atoms with Gasteiger partial charge in [-0.3, -0.25) is 4.79 Å². The van der Waals surface area contributed by atoms with Crippen molar-refractivity contribution in [2.75, 3.05) is 13.2 Å². The molecule has 1 heterocycles. The Morgan fingerprint density at radius 3 is 2.90 bits per heavy atom. The maximum absolute atomic E-state index is 12.4. The molecule has 2 rings (SSSR count). The van der Waals surface area contributed by atoms with Crippen molar-refractivity contribution < 1.29 is 19.4 Å². The lowest BCUT2D eigenvalue weighted by Crippen LogP contribution is -2.41. The van der Waals surface area contributed by atoms with Crippen molar-refractivity contribution >= 4 is 23.5 Å². The van der Waals surface area contributed by atoms with Crippen molar-refractivity contribution in [3.63, 3.8) is 0 Å². The highest BCUT2D eigenvalue weighted by atomic mass is 35.5. The first-order valence-corrected chi connectivity index (χ1v) is 7.34. The Morgan fingerprint density at radius 2 is 2.24 bits per heavy atom. The van der Waals surface area contributed by atoms with Crippen LogP contribution in [0.3, 0.4) is 0 Å². The number of carbonyl (C=O) groups is 2. The third kappa shape index (κ3) is 3.47. The van der Waals surface area contributed by atoms with Gasteiger partial charge < -0.3 is 14.7 Å². The van der Waals surface area contributed by atoms with Crippen LogP contribution in [0.1, 0.15) is 25.3 Å². The summed E-state index contributed by atoms with van der Waals surface area (Å²) in [5.41, 5.74) is 0.686. The van der Waals surface area contributed by atoms with E-state index in [1.165, 1.54) is 4.90 Å². The summed E-state index contributed by atoms with van der Waals surface area (Å²) in [6.45, 7) is 2.78. The number of amides is 1. The first-order valence-electron chi connectivity index (χ1n) is 6.97. The summed E-state index contributed by atoms with van der Waals surface area (Å²) in [4.78, 5) is 24.9. The van der Waals surface area contributed by atoms with E-state index in [4.69, 9.17) is 21.4 Å². The Bertz CT molecular complexity index is 546. The van der Waals surface area contributed by atoms with E-state index in [1.54, 1.807) is 18.2 Å². The highest BCUT2D eigenvalue weighted by Gasteiger charge is 2.34. The number of carboxylic acids is 1. The molecule has 1 aliphatic rings. The van der Waals surface area contributed by atoms with E-state index in [0.717, 1.165) is 6.42 Å². The van der Waals surface area contributed by atoms with Crippen LogP contribution >= 0.6 is 11.6 Å². The van der Waals surface area contributed by atoms with Crippen molar-refractivity contribution in [3.8, 4) is 5.75 Å². The summed E-state index contributed by atoms with van der Waals surface area (Å²) in [7, 11) is 0. The molecule has 0 radical (unpaired) electrons. The number of benzene rings is 1. The molecule has 5 nitrogen and oxygen atoms in total. The minimum atomic E-state index is -0.947.